The minimum atomic E-state index is -3.21. The van der Waals surface area contributed by atoms with Gasteiger partial charge in [-0.3, -0.25) is 4.90 Å². The van der Waals surface area contributed by atoms with Crippen LogP contribution in [-0.2, 0) is 9.05 Å². The molecule has 1 fully saturated rings. The van der Waals surface area contributed by atoms with Crippen LogP contribution >= 0.6 is 19.5 Å². The minimum absolute atomic E-state index is 0.106. The molecule has 1 atom stereocenters. The highest BCUT2D eigenvalue weighted by molar-refractivity contribution is 7.59. The third-order valence-corrected chi connectivity index (χ3v) is 5.82. The molecule has 1 saturated heterocycles. The molecule has 2 rings (SSSR count). The predicted molar refractivity (Wildman–Crippen MR) is 80.5 cm³/mol. The van der Waals surface area contributed by atoms with E-state index in [0.29, 0.717) is 18.2 Å². The van der Waals surface area contributed by atoms with Crippen LogP contribution in [0.15, 0.2) is 24.3 Å². The smallest absolute Gasteiger partial charge is 0.259 e. The standard InChI is InChI=1S/C14H21ClNO3P/c1-14(2)9-18-20(17,19-10-14)13(16(3)4)11-5-7-12(15)8-6-11/h5-8,13H,9-10H2,1-4H3. The van der Waals surface area contributed by atoms with E-state index in [1.807, 2.05) is 45.0 Å². The molecule has 1 heterocycles. The normalized spacial score (nSPS) is 22.8. The molecule has 0 amide bonds. The highest BCUT2D eigenvalue weighted by atomic mass is 35.5. The summed E-state index contributed by atoms with van der Waals surface area (Å²) in [6, 6.07) is 7.29. The Bertz CT molecular complexity index is 454. The van der Waals surface area contributed by atoms with E-state index in [9.17, 15) is 4.89 Å². The van der Waals surface area contributed by atoms with Crippen LogP contribution in [0.3, 0.4) is 0 Å². The monoisotopic (exact) mass is 317 g/mol. The van der Waals surface area contributed by atoms with Gasteiger partial charge in [0.25, 0.3) is 7.94 Å². The SMILES string of the molecule is CN(C)C(c1ccc(Cl)cc1)[P+]1([O-])OCC(C)(C)CO1. The minimum Gasteiger partial charge on any atom is -0.630 e. The molecule has 0 radical (unpaired) electrons. The lowest BCUT2D eigenvalue weighted by Gasteiger charge is -2.43. The van der Waals surface area contributed by atoms with Crippen LogP contribution in [0.2, 0.25) is 5.02 Å². The van der Waals surface area contributed by atoms with E-state index in [-0.39, 0.29) is 5.41 Å². The molecule has 0 aromatic heterocycles. The Morgan fingerprint density at radius 2 is 1.70 bits per heavy atom. The molecule has 20 heavy (non-hydrogen) atoms. The summed E-state index contributed by atoms with van der Waals surface area (Å²) >= 11 is 5.91. The van der Waals surface area contributed by atoms with Crippen molar-refractivity contribution in [3.8, 4) is 0 Å². The van der Waals surface area contributed by atoms with E-state index >= 15 is 0 Å². The summed E-state index contributed by atoms with van der Waals surface area (Å²) in [5, 5.41) is 0.649. The Morgan fingerprint density at radius 1 is 1.20 bits per heavy atom. The van der Waals surface area contributed by atoms with Crippen LogP contribution in [0.25, 0.3) is 0 Å². The zero-order chi connectivity index (χ0) is 15.0. The molecule has 1 aliphatic heterocycles. The molecule has 6 heteroatoms. The van der Waals surface area contributed by atoms with E-state index in [0.717, 1.165) is 5.56 Å². The zero-order valence-electron chi connectivity index (χ0n) is 12.3. The van der Waals surface area contributed by atoms with Gasteiger partial charge in [-0.1, -0.05) is 37.6 Å². The topological polar surface area (TPSA) is 44.8 Å². The lowest BCUT2D eigenvalue weighted by molar-refractivity contribution is -0.239. The molecule has 1 aromatic carbocycles. The van der Waals surface area contributed by atoms with E-state index in [1.165, 1.54) is 0 Å². The van der Waals surface area contributed by atoms with E-state index in [1.54, 1.807) is 12.1 Å². The van der Waals surface area contributed by atoms with Gasteiger partial charge in [0.15, 0.2) is 5.78 Å². The molecule has 0 saturated carbocycles. The molecule has 112 valence electrons. The maximum Gasteiger partial charge on any atom is 0.259 e. The molecule has 0 N–H and O–H groups in total. The maximum absolute atomic E-state index is 13.0. The first-order valence-corrected chi connectivity index (χ1v) is 8.53. The number of hydrogen-bond donors (Lipinski definition) is 0. The van der Waals surface area contributed by atoms with Crippen molar-refractivity contribution in [3.63, 3.8) is 0 Å². The van der Waals surface area contributed by atoms with E-state index < -0.39 is 13.7 Å². The average Bonchev–Trinajstić information content (AvgIpc) is 2.36. The van der Waals surface area contributed by atoms with Crippen molar-refractivity contribution in [1.29, 1.82) is 0 Å². The Morgan fingerprint density at radius 3 is 2.15 bits per heavy atom. The van der Waals surface area contributed by atoms with Gasteiger partial charge in [-0.15, -0.1) is 0 Å². The van der Waals surface area contributed by atoms with Gasteiger partial charge in [-0.2, -0.15) is 0 Å². The van der Waals surface area contributed by atoms with Crippen LogP contribution in [0, 0.1) is 5.41 Å². The number of nitrogens with zero attached hydrogens (tertiary/aromatic N) is 1. The van der Waals surface area contributed by atoms with Crippen molar-refractivity contribution in [3.05, 3.63) is 34.9 Å². The van der Waals surface area contributed by atoms with Crippen LogP contribution in [-0.4, -0.2) is 32.2 Å². The molecule has 1 aromatic rings. The van der Waals surface area contributed by atoms with Crippen molar-refractivity contribution >= 4 is 19.5 Å². The van der Waals surface area contributed by atoms with Gasteiger partial charge < -0.3 is 4.89 Å². The fraction of sp³-hybridized carbons (Fsp3) is 0.571. The second kappa shape index (κ2) is 5.88. The van der Waals surface area contributed by atoms with Gasteiger partial charge in [0, 0.05) is 16.0 Å². The largest absolute Gasteiger partial charge is 0.630 e. The summed E-state index contributed by atoms with van der Waals surface area (Å²) in [5.41, 5.74) is 0.771. The fourth-order valence-electron chi connectivity index (χ4n) is 2.15. The number of benzene rings is 1. The van der Waals surface area contributed by atoms with Crippen LogP contribution in [0.4, 0.5) is 0 Å². The summed E-state index contributed by atoms with van der Waals surface area (Å²) in [6.07, 6.45) is 0. The van der Waals surface area contributed by atoms with Crippen molar-refractivity contribution in [2.24, 2.45) is 5.41 Å². The molecule has 1 unspecified atom stereocenters. The summed E-state index contributed by atoms with van der Waals surface area (Å²) < 4.78 is 11.3. The molecular weight excluding hydrogens is 297 g/mol. The Kier molecular flexibility index (Phi) is 4.75. The predicted octanol–water partition coefficient (Wildman–Crippen LogP) is 3.10. The lowest BCUT2D eigenvalue weighted by atomic mass is 9.97. The van der Waals surface area contributed by atoms with Gasteiger partial charge >= 0.3 is 0 Å². The van der Waals surface area contributed by atoms with Gasteiger partial charge in [0.1, 0.15) is 13.2 Å². The first-order valence-electron chi connectivity index (χ1n) is 6.54. The highest BCUT2D eigenvalue weighted by Gasteiger charge is 2.49. The summed E-state index contributed by atoms with van der Waals surface area (Å²) in [7, 11) is 0.519. The van der Waals surface area contributed by atoms with Gasteiger partial charge in [-0.25, -0.2) is 9.05 Å². The molecule has 0 spiro atoms. The third-order valence-electron chi connectivity index (χ3n) is 3.23. The second-order valence-corrected chi connectivity index (χ2v) is 8.66. The Balaban J connectivity index is 2.27. The van der Waals surface area contributed by atoms with Gasteiger partial charge in [0.05, 0.1) is 0 Å². The van der Waals surface area contributed by atoms with E-state index in [4.69, 9.17) is 20.6 Å². The third kappa shape index (κ3) is 3.51. The quantitative estimate of drug-likeness (QED) is 0.804. The summed E-state index contributed by atoms with van der Waals surface area (Å²) in [4.78, 5) is 14.9. The average molecular weight is 318 g/mol. The van der Waals surface area contributed by atoms with Crippen LogP contribution in [0.1, 0.15) is 25.2 Å². The second-order valence-electron chi connectivity index (χ2n) is 6.14. The van der Waals surface area contributed by atoms with Crippen molar-refractivity contribution in [2.45, 2.75) is 19.6 Å². The first-order chi connectivity index (χ1) is 9.23. The molecular formula is C14H21ClNO3P. The molecule has 0 aliphatic carbocycles. The van der Waals surface area contributed by atoms with E-state index in [2.05, 4.69) is 0 Å². The lowest BCUT2D eigenvalue weighted by Crippen LogP contribution is -2.40. The van der Waals surface area contributed by atoms with Crippen molar-refractivity contribution in [1.82, 2.24) is 4.90 Å². The fourth-order valence-corrected chi connectivity index (χ4v) is 4.79. The highest BCUT2D eigenvalue weighted by Crippen LogP contribution is 2.67. The zero-order valence-corrected chi connectivity index (χ0v) is 13.9. The molecule has 1 aliphatic rings. The summed E-state index contributed by atoms with van der Waals surface area (Å²) in [6.45, 7) is 4.93. The van der Waals surface area contributed by atoms with Crippen molar-refractivity contribution in [2.75, 3.05) is 27.3 Å². The number of halogens is 1. The summed E-state index contributed by atoms with van der Waals surface area (Å²) in [5.74, 6) is -0.420. The van der Waals surface area contributed by atoms with Gasteiger partial charge in [-0.05, 0) is 26.2 Å². The van der Waals surface area contributed by atoms with Crippen LogP contribution < -0.4 is 4.89 Å². The maximum atomic E-state index is 13.0. The Hall–Kier alpha value is -0.220. The molecule has 0 bridgehead atoms. The Labute approximate surface area is 126 Å². The molecule has 4 nitrogen and oxygen atoms in total. The number of rotatable bonds is 3. The number of hydrogen-bond acceptors (Lipinski definition) is 4. The van der Waals surface area contributed by atoms with Crippen molar-refractivity contribution < 1.29 is 13.9 Å². The van der Waals surface area contributed by atoms with Gasteiger partial charge in [0.2, 0.25) is 0 Å². The van der Waals surface area contributed by atoms with Crippen LogP contribution in [0.5, 0.6) is 0 Å². The first kappa shape index (κ1) is 16.2.